The fourth-order valence-electron chi connectivity index (χ4n) is 2.26. The number of nitrogens with one attached hydrogen (secondary N) is 2. The number of rotatable bonds is 6. The van der Waals surface area contributed by atoms with Gasteiger partial charge in [-0.25, -0.2) is 10.5 Å². The van der Waals surface area contributed by atoms with Crippen LogP contribution in [0.4, 0.5) is 11.8 Å². The molecule has 0 aliphatic rings. The number of anilines is 2. The minimum atomic E-state index is 0.156. The highest BCUT2D eigenvalue weighted by atomic mass is 16.6. The van der Waals surface area contributed by atoms with Crippen molar-refractivity contribution in [1.29, 1.82) is 0 Å². The molecule has 0 aliphatic carbocycles. The van der Waals surface area contributed by atoms with Gasteiger partial charge < -0.3 is 5.11 Å². The number of phenols is 1. The highest BCUT2D eigenvalue weighted by molar-refractivity contribution is 5.84. The average Bonchev–Trinajstić information content (AvgIpc) is 2.65. The molecule has 0 unspecified atom stereocenters. The van der Waals surface area contributed by atoms with Crippen LogP contribution in [0.3, 0.4) is 0 Å². The Morgan fingerprint density at radius 1 is 1.12 bits per heavy atom. The quantitative estimate of drug-likeness (QED) is 0.464. The van der Waals surface area contributed by atoms with Gasteiger partial charge in [-0.3, -0.25) is 15.2 Å². The van der Waals surface area contributed by atoms with Crippen LogP contribution in [0, 0.1) is 6.92 Å². The van der Waals surface area contributed by atoms with Gasteiger partial charge in [0.2, 0.25) is 5.95 Å². The monoisotopic (exact) mass is 350 g/mol. The molecule has 2 aromatic heterocycles. The van der Waals surface area contributed by atoms with E-state index in [0.29, 0.717) is 17.1 Å². The van der Waals surface area contributed by atoms with E-state index in [4.69, 9.17) is 4.84 Å². The van der Waals surface area contributed by atoms with Gasteiger partial charge in [0.05, 0.1) is 19.0 Å². The molecule has 0 bridgehead atoms. The zero-order chi connectivity index (χ0) is 18.4. The lowest BCUT2D eigenvalue weighted by atomic mass is 10.1. The molecule has 26 heavy (non-hydrogen) atoms. The zero-order valence-corrected chi connectivity index (χ0v) is 14.3. The van der Waals surface area contributed by atoms with Gasteiger partial charge in [0.1, 0.15) is 5.75 Å². The summed E-state index contributed by atoms with van der Waals surface area (Å²) in [5.74, 6) is 0.913. The van der Waals surface area contributed by atoms with Gasteiger partial charge in [-0.1, -0.05) is 11.6 Å². The van der Waals surface area contributed by atoms with Crippen molar-refractivity contribution in [3.63, 3.8) is 0 Å². The van der Waals surface area contributed by atoms with Gasteiger partial charge >= 0.3 is 0 Å². The van der Waals surface area contributed by atoms with Crippen molar-refractivity contribution in [2.45, 2.75) is 6.92 Å². The molecule has 8 nitrogen and oxygen atoms in total. The molecule has 0 amide bonds. The first kappa shape index (κ1) is 17.3. The van der Waals surface area contributed by atoms with Crippen molar-refractivity contribution < 1.29 is 9.94 Å². The summed E-state index contributed by atoms with van der Waals surface area (Å²) in [4.78, 5) is 17.5. The lowest BCUT2D eigenvalue weighted by molar-refractivity contribution is 0.267. The Bertz CT molecular complexity index is 915. The van der Waals surface area contributed by atoms with Crippen LogP contribution in [0.1, 0.15) is 11.1 Å². The minimum absolute atomic E-state index is 0.156. The van der Waals surface area contributed by atoms with Crippen molar-refractivity contribution >= 4 is 18.0 Å². The van der Waals surface area contributed by atoms with Gasteiger partial charge in [-0.2, -0.15) is 10.1 Å². The molecule has 3 N–H and O–H groups in total. The van der Waals surface area contributed by atoms with Crippen LogP contribution in [0.25, 0.3) is 11.3 Å². The van der Waals surface area contributed by atoms with Gasteiger partial charge in [0, 0.05) is 29.6 Å². The molecule has 3 rings (SSSR count). The van der Waals surface area contributed by atoms with E-state index in [1.54, 1.807) is 24.5 Å². The van der Waals surface area contributed by atoms with Crippen molar-refractivity contribution in [3.05, 3.63) is 59.9 Å². The van der Waals surface area contributed by atoms with E-state index in [1.807, 2.05) is 31.2 Å². The van der Waals surface area contributed by atoms with E-state index in [-0.39, 0.29) is 11.7 Å². The molecule has 3 aromatic rings. The number of hydrogen-bond donors (Lipinski definition) is 3. The number of aryl methyl sites for hydroxylation is 1. The van der Waals surface area contributed by atoms with Gasteiger partial charge in [-0.05, 0) is 31.2 Å². The van der Waals surface area contributed by atoms with E-state index in [0.717, 1.165) is 11.1 Å². The first-order valence-electron chi connectivity index (χ1n) is 7.83. The van der Waals surface area contributed by atoms with Gasteiger partial charge in [0.15, 0.2) is 5.82 Å². The highest BCUT2D eigenvalue weighted by Crippen LogP contribution is 2.21. The summed E-state index contributed by atoms with van der Waals surface area (Å²) in [6.45, 7) is 1.94. The van der Waals surface area contributed by atoms with Crippen molar-refractivity contribution in [3.8, 4) is 17.0 Å². The van der Waals surface area contributed by atoms with Gasteiger partial charge in [-0.15, -0.1) is 0 Å². The SMILES string of the molecule is CONc1nc(N/N=C/c2cc(C)ccc2O)cc(-c2ccncc2)n1. The summed E-state index contributed by atoms with van der Waals surface area (Å²) in [7, 11) is 1.48. The normalized spacial score (nSPS) is 10.8. The van der Waals surface area contributed by atoms with Crippen LogP contribution in [0.15, 0.2) is 53.9 Å². The summed E-state index contributed by atoms with van der Waals surface area (Å²) in [6, 6.07) is 10.7. The summed E-state index contributed by atoms with van der Waals surface area (Å²) < 4.78 is 0. The van der Waals surface area contributed by atoms with E-state index in [9.17, 15) is 5.11 Å². The number of hydrogen-bond acceptors (Lipinski definition) is 8. The molecule has 0 radical (unpaired) electrons. The zero-order valence-electron chi connectivity index (χ0n) is 14.3. The number of aromatic hydroxyl groups is 1. The maximum Gasteiger partial charge on any atom is 0.249 e. The third-order valence-corrected chi connectivity index (χ3v) is 3.46. The lowest BCUT2D eigenvalue weighted by Crippen LogP contribution is -2.04. The molecular weight excluding hydrogens is 332 g/mol. The van der Waals surface area contributed by atoms with Crippen LogP contribution < -0.4 is 10.9 Å². The van der Waals surface area contributed by atoms with E-state index in [2.05, 4.69) is 31.0 Å². The summed E-state index contributed by atoms with van der Waals surface area (Å²) in [6.07, 6.45) is 4.90. The number of benzene rings is 1. The Morgan fingerprint density at radius 2 is 1.92 bits per heavy atom. The second-order valence-corrected chi connectivity index (χ2v) is 5.44. The Morgan fingerprint density at radius 3 is 2.69 bits per heavy atom. The van der Waals surface area contributed by atoms with Crippen LogP contribution in [-0.4, -0.2) is 33.4 Å². The predicted molar refractivity (Wildman–Crippen MR) is 100.0 cm³/mol. The summed E-state index contributed by atoms with van der Waals surface area (Å²) >= 11 is 0. The maximum absolute atomic E-state index is 9.86. The number of hydrazone groups is 1. The first-order valence-corrected chi connectivity index (χ1v) is 7.83. The number of nitrogens with zero attached hydrogens (tertiary/aromatic N) is 4. The molecule has 132 valence electrons. The summed E-state index contributed by atoms with van der Waals surface area (Å²) in [5, 5.41) is 14.0. The van der Waals surface area contributed by atoms with E-state index < -0.39 is 0 Å². The van der Waals surface area contributed by atoms with Crippen LogP contribution in [-0.2, 0) is 4.84 Å². The van der Waals surface area contributed by atoms with E-state index >= 15 is 0 Å². The molecule has 0 atom stereocenters. The lowest BCUT2D eigenvalue weighted by Gasteiger charge is -2.08. The first-order chi connectivity index (χ1) is 12.7. The number of aromatic nitrogens is 3. The van der Waals surface area contributed by atoms with Crippen LogP contribution in [0.2, 0.25) is 0 Å². The second-order valence-electron chi connectivity index (χ2n) is 5.44. The highest BCUT2D eigenvalue weighted by Gasteiger charge is 2.06. The Labute approximate surface area is 150 Å². The topological polar surface area (TPSA) is 105 Å². The Kier molecular flexibility index (Phi) is 5.35. The summed E-state index contributed by atoms with van der Waals surface area (Å²) in [5.41, 5.74) is 8.65. The molecule has 0 fully saturated rings. The van der Waals surface area contributed by atoms with Crippen molar-refractivity contribution in [2.24, 2.45) is 5.10 Å². The van der Waals surface area contributed by atoms with Crippen LogP contribution >= 0.6 is 0 Å². The molecule has 0 spiro atoms. The Hall–Kier alpha value is -3.52. The standard InChI is InChI=1S/C18H18N6O2/c1-12-3-4-16(25)14(9-12)11-20-23-17-10-15(13-5-7-19-8-6-13)21-18(22-17)24-26-2/h3-11,25H,1-2H3,(H2,21,22,23,24)/b20-11+. The number of phenolic OH excluding ortho intramolecular Hbond substituents is 1. The molecule has 8 heteroatoms. The van der Waals surface area contributed by atoms with E-state index in [1.165, 1.54) is 13.3 Å². The third kappa shape index (κ3) is 4.31. The smallest absolute Gasteiger partial charge is 0.249 e. The minimum Gasteiger partial charge on any atom is -0.507 e. The van der Waals surface area contributed by atoms with Gasteiger partial charge in [0.25, 0.3) is 0 Å². The second kappa shape index (κ2) is 8.04. The fraction of sp³-hybridized carbons (Fsp3) is 0.111. The largest absolute Gasteiger partial charge is 0.507 e. The average molecular weight is 350 g/mol. The van der Waals surface area contributed by atoms with Crippen molar-refractivity contribution in [1.82, 2.24) is 15.0 Å². The molecule has 0 saturated heterocycles. The molecular formula is C18H18N6O2. The molecule has 1 aromatic carbocycles. The van der Waals surface area contributed by atoms with Crippen molar-refractivity contribution in [2.75, 3.05) is 18.0 Å². The van der Waals surface area contributed by atoms with Crippen LogP contribution in [0.5, 0.6) is 5.75 Å². The number of pyridine rings is 1. The predicted octanol–water partition coefficient (Wildman–Crippen LogP) is 2.97. The fourth-order valence-corrected chi connectivity index (χ4v) is 2.26. The Balaban J connectivity index is 1.85. The maximum atomic E-state index is 9.86. The molecule has 2 heterocycles. The molecule has 0 aliphatic heterocycles. The third-order valence-electron chi connectivity index (χ3n) is 3.46. The molecule has 0 saturated carbocycles.